The summed E-state index contributed by atoms with van der Waals surface area (Å²) in [5.41, 5.74) is 0.777. The third-order valence-electron chi connectivity index (χ3n) is 4.04. The minimum Gasteiger partial charge on any atom is -0.473 e. The molecule has 2 aliphatic rings. The predicted molar refractivity (Wildman–Crippen MR) is 78.4 cm³/mol. The fourth-order valence-corrected chi connectivity index (χ4v) is 3.13. The highest BCUT2D eigenvalue weighted by Gasteiger charge is 2.39. The smallest absolute Gasteiger partial charge is 0.414 e. The van der Waals surface area contributed by atoms with Gasteiger partial charge in [-0.3, -0.25) is 0 Å². The second-order valence-corrected chi connectivity index (χ2v) is 5.71. The van der Waals surface area contributed by atoms with Gasteiger partial charge in [0, 0.05) is 26.2 Å². The second-order valence-electron chi connectivity index (χ2n) is 5.71. The maximum Gasteiger partial charge on any atom is 0.414 e. The lowest BCUT2D eigenvalue weighted by Crippen LogP contribution is -2.27. The Hall–Kier alpha value is -2.15. The molecule has 0 aromatic heterocycles. The third kappa shape index (κ3) is 3.73. The van der Waals surface area contributed by atoms with Gasteiger partial charge in [-0.15, -0.1) is 0 Å². The molecule has 2 aliphatic heterocycles. The van der Waals surface area contributed by atoms with Crippen molar-refractivity contribution in [3.8, 4) is 0 Å². The molecule has 2 heterocycles. The van der Waals surface area contributed by atoms with Crippen LogP contribution in [-0.2, 0) is 9.59 Å². The molecule has 0 saturated carbocycles. The number of benzene rings is 1. The van der Waals surface area contributed by atoms with Crippen LogP contribution in [0.4, 0.5) is 10.1 Å². The first-order chi connectivity index (χ1) is 10.4. The van der Waals surface area contributed by atoms with Crippen molar-refractivity contribution in [2.75, 3.05) is 38.1 Å². The van der Waals surface area contributed by atoms with Crippen LogP contribution in [0.5, 0.6) is 0 Å². The van der Waals surface area contributed by atoms with Crippen molar-refractivity contribution in [1.82, 2.24) is 4.90 Å². The van der Waals surface area contributed by atoms with Gasteiger partial charge in [0.1, 0.15) is 5.82 Å². The molecule has 3 rings (SSSR count). The maximum atomic E-state index is 13.6. The summed E-state index contributed by atoms with van der Waals surface area (Å²) in [5.74, 6) is -2.28. The minimum absolute atomic E-state index is 0.0872. The Bertz CT molecular complexity index is 540. The molecule has 1 aromatic carbocycles. The van der Waals surface area contributed by atoms with Crippen LogP contribution in [0.1, 0.15) is 0 Å². The van der Waals surface area contributed by atoms with Crippen molar-refractivity contribution < 1.29 is 24.2 Å². The van der Waals surface area contributed by atoms with E-state index in [1.165, 1.54) is 0 Å². The van der Waals surface area contributed by atoms with Crippen LogP contribution in [0.15, 0.2) is 24.3 Å². The fourth-order valence-electron chi connectivity index (χ4n) is 3.13. The zero-order valence-electron chi connectivity index (χ0n) is 12.3. The van der Waals surface area contributed by atoms with Crippen molar-refractivity contribution >= 4 is 17.6 Å². The van der Waals surface area contributed by atoms with Crippen LogP contribution >= 0.6 is 0 Å². The van der Waals surface area contributed by atoms with Gasteiger partial charge in [0.2, 0.25) is 0 Å². The first kappa shape index (κ1) is 16.2. The van der Waals surface area contributed by atoms with E-state index in [1.807, 2.05) is 12.1 Å². The lowest BCUT2D eigenvalue weighted by molar-refractivity contribution is -0.159. The van der Waals surface area contributed by atoms with Crippen molar-refractivity contribution in [2.45, 2.75) is 0 Å². The van der Waals surface area contributed by atoms with Gasteiger partial charge in [-0.2, -0.15) is 0 Å². The van der Waals surface area contributed by atoms with Crippen LogP contribution in [0.25, 0.3) is 0 Å². The Morgan fingerprint density at radius 3 is 2.00 bits per heavy atom. The number of likely N-dealkylation sites (tertiary alicyclic amines) is 1. The first-order valence-electron chi connectivity index (χ1n) is 7.02. The number of nitrogens with zero attached hydrogens (tertiary/aromatic N) is 2. The average molecular weight is 310 g/mol. The number of fused-ring (bicyclic) bond motifs is 1. The van der Waals surface area contributed by atoms with E-state index in [0.29, 0.717) is 0 Å². The van der Waals surface area contributed by atoms with Gasteiger partial charge >= 0.3 is 11.9 Å². The summed E-state index contributed by atoms with van der Waals surface area (Å²) in [6.45, 7) is 4.34. The Labute approximate surface area is 127 Å². The molecule has 120 valence electrons. The average Bonchev–Trinajstić information content (AvgIpc) is 2.96. The standard InChI is InChI=1S/C13H17FN2.C2H2O4/c1-15-6-10-8-16(9-11(10)7-15)13-5-3-2-4-12(13)14;3-1(4)2(5)6/h2-5,10-11H,6-9H2,1H3;(H,3,4)(H,5,6). The lowest BCUT2D eigenvalue weighted by Gasteiger charge is -2.21. The number of hydrogen-bond acceptors (Lipinski definition) is 4. The molecule has 0 radical (unpaired) electrons. The van der Waals surface area contributed by atoms with E-state index < -0.39 is 11.9 Å². The number of para-hydroxylation sites is 1. The summed E-state index contributed by atoms with van der Waals surface area (Å²) in [6, 6.07) is 7.11. The monoisotopic (exact) mass is 310 g/mol. The van der Waals surface area contributed by atoms with Crippen molar-refractivity contribution in [3.05, 3.63) is 30.1 Å². The number of aliphatic carboxylic acids is 2. The summed E-state index contributed by atoms with van der Waals surface area (Å²) in [7, 11) is 2.17. The second kappa shape index (κ2) is 6.74. The van der Waals surface area contributed by atoms with E-state index in [4.69, 9.17) is 19.8 Å². The molecule has 22 heavy (non-hydrogen) atoms. The maximum absolute atomic E-state index is 13.6. The zero-order valence-corrected chi connectivity index (χ0v) is 12.3. The summed E-state index contributed by atoms with van der Waals surface area (Å²) in [4.78, 5) is 22.8. The molecule has 2 saturated heterocycles. The molecule has 0 spiro atoms. The topological polar surface area (TPSA) is 81.1 Å². The van der Waals surface area contributed by atoms with E-state index in [1.54, 1.807) is 12.1 Å². The fraction of sp³-hybridized carbons (Fsp3) is 0.467. The van der Waals surface area contributed by atoms with Gasteiger partial charge in [0.05, 0.1) is 5.69 Å². The Morgan fingerprint density at radius 1 is 1.05 bits per heavy atom. The van der Waals surface area contributed by atoms with E-state index in [2.05, 4.69) is 16.8 Å². The number of hydrogen-bond donors (Lipinski definition) is 2. The highest BCUT2D eigenvalue weighted by molar-refractivity contribution is 6.27. The van der Waals surface area contributed by atoms with Gasteiger partial charge in [0.15, 0.2) is 0 Å². The Kier molecular flexibility index (Phi) is 4.97. The van der Waals surface area contributed by atoms with E-state index in [9.17, 15) is 4.39 Å². The highest BCUT2D eigenvalue weighted by atomic mass is 19.1. The van der Waals surface area contributed by atoms with Crippen molar-refractivity contribution in [1.29, 1.82) is 0 Å². The number of halogens is 1. The number of carboxylic acid groups (broad SMARTS) is 2. The molecule has 7 heteroatoms. The number of rotatable bonds is 1. The molecular formula is C15H19FN2O4. The summed E-state index contributed by atoms with van der Waals surface area (Å²) >= 11 is 0. The van der Waals surface area contributed by atoms with Crippen LogP contribution < -0.4 is 4.90 Å². The third-order valence-corrected chi connectivity index (χ3v) is 4.04. The molecule has 2 atom stereocenters. The van der Waals surface area contributed by atoms with Gasteiger partial charge in [-0.05, 0) is 31.0 Å². The molecule has 0 bridgehead atoms. The van der Waals surface area contributed by atoms with E-state index >= 15 is 0 Å². The van der Waals surface area contributed by atoms with Gasteiger partial charge in [-0.25, -0.2) is 14.0 Å². The lowest BCUT2D eigenvalue weighted by atomic mass is 10.0. The molecule has 6 nitrogen and oxygen atoms in total. The number of carboxylic acids is 2. The quantitative estimate of drug-likeness (QED) is 0.753. The molecule has 1 aromatic rings. The normalized spacial score (nSPS) is 23.6. The van der Waals surface area contributed by atoms with Crippen LogP contribution in [-0.4, -0.2) is 60.3 Å². The van der Waals surface area contributed by atoms with Crippen LogP contribution in [0, 0.1) is 17.7 Å². The Balaban J connectivity index is 0.000000254. The molecule has 0 amide bonds. The van der Waals surface area contributed by atoms with Gasteiger partial charge in [0.25, 0.3) is 0 Å². The van der Waals surface area contributed by atoms with Gasteiger partial charge < -0.3 is 20.0 Å². The predicted octanol–water partition coefficient (Wildman–Crippen LogP) is 0.979. The summed E-state index contributed by atoms with van der Waals surface area (Å²) in [6.07, 6.45) is 0. The van der Waals surface area contributed by atoms with E-state index in [0.717, 1.165) is 43.7 Å². The van der Waals surface area contributed by atoms with Crippen LogP contribution in [0.3, 0.4) is 0 Å². The number of anilines is 1. The van der Waals surface area contributed by atoms with E-state index in [-0.39, 0.29) is 5.82 Å². The van der Waals surface area contributed by atoms with Crippen LogP contribution in [0.2, 0.25) is 0 Å². The largest absolute Gasteiger partial charge is 0.473 e. The first-order valence-corrected chi connectivity index (χ1v) is 7.02. The zero-order chi connectivity index (χ0) is 16.3. The molecule has 2 N–H and O–H groups in total. The summed E-state index contributed by atoms with van der Waals surface area (Å²) in [5, 5.41) is 14.8. The molecule has 2 fully saturated rings. The Morgan fingerprint density at radius 2 is 1.55 bits per heavy atom. The number of carbonyl (C=O) groups is 2. The molecule has 2 unspecified atom stereocenters. The summed E-state index contributed by atoms with van der Waals surface area (Å²) < 4.78 is 13.6. The molecular weight excluding hydrogens is 291 g/mol. The minimum atomic E-state index is -1.82. The SMILES string of the molecule is CN1CC2CN(c3ccccc3F)CC2C1.O=C(O)C(=O)O. The highest BCUT2D eigenvalue weighted by Crippen LogP contribution is 2.34. The molecule has 0 aliphatic carbocycles. The van der Waals surface area contributed by atoms with Gasteiger partial charge in [-0.1, -0.05) is 12.1 Å². The van der Waals surface area contributed by atoms with Crippen molar-refractivity contribution in [3.63, 3.8) is 0 Å². The van der Waals surface area contributed by atoms with Crippen molar-refractivity contribution in [2.24, 2.45) is 11.8 Å².